The Morgan fingerprint density at radius 2 is 2.14 bits per heavy atom. The molecule has 3 aromatic rings. The van der Waals surface area contributed by atoms with Gasteiger partial charge in [0.15, 0.2) is 5.76 Å². The van der Waals surface area contributed by atoms with Crippen LogP contribution >= 0.6 is 11.6 Å². The Bertz CT molecular complexity index is 796. The van der Waals surface area contributed by atoms with Crippen molar-refractivity contribution in [2.75, 3.05) is 5.73 Å². The maximum atomic E-state index is 12.0. The molecule has 2 heterocycles. The van der Waals surface area contributed by atoms with Crippen LogP contribution in [-0.2, 0) is 11.3 Å². The quantitative estimate of drug-likeness (QED) is 0.584. The number of carbonyl (C=O) groups excluding carboxylic acids is 1. The highest BCUT2D eigenvalue weighted by Crippen LogP contribution is 2.22. The fourth-order valence-corrected chi connectivity index (χ4v) is 2.03. The molecule has 2 aromatic heterocycles. The highest BCUT2D eigenvalue weighted by molar-refractivity contribution is 6.31. The van der Waals surface area contributed by atoms with Crippen LogP contribution in [0.1, 0.15) is 16.1 Å². The summed E-state index contributed by atoms with van der Waals surface area (Å²) < 4.78 is 15.4. The molecule has 0 saturated heterocycles. The zero-order valence-corrected chi connectivity index (χ0v) is 12.0. The van der Waals surface area contributed by atoms with Crippen molar-refractivity contribution in [2.45, 2.75) is 6.61 Å². The van der Waals surface area contributed by atoms with Crippen molar-refractivity contribution in [3.8, 4) is 11.5 Å². The average molecular weight is 319 g/mol. The first kappa shape index (κ1) is 14.2. The molecule has 0 atom stereocenters. The van der Waals surface area contributed by atoms with Crippen molar-refractivity contribution in [2.24, 2.45) is 0 Å². The van der Waals surface area contributed by atoms with E-state index in [4.69, 9.17) is 31.0 Å². The lowest BCUT2D eigenvalue weighted by atomic mass is 10.2. The molecule has 1 aromatic carbocycles. The van der Waals surface area contributed by atoms with Gasteiger partial charge < -0.3 is 19.4 Å². The van der Waals surface area contributed by atoms with Gasteiger partial charge >= 0.3 is 5.97 Å². The summed E-state index contributed by atoms with van der Waals surface area (Å²) in [6.07, 6.45) is 1.53. The fraction of sp³-hybridized carbons (Fsp3) is 0.0667. The minimum absolute atomic E-state index is 0.0366. The Hall–Kier alpha value is -2.73. The second kappa shape index (κ2) is 5.95. The average Bonchev–Trinajstić information content (AvgIpc) is 3.16. The van der Waals surface area contributed by atoms with Crippen LogP contribution in [0.15, 0.2) is 51.6 Å². The second-order valence-electron chi connectivity index (χ2n) is 4.47. The number of esters is 1. The van der Waals surface area contributed by atoms with Gasteiger partial charge in [-0.25, -0.2) is 4.79 Å². The minimum Gasteiger partial charge on any atom is -0.461 e. The minimum atomic E-state index is -0.559. The first-order chi connectivity index (χ1) is 10.6. The molecule has 0 spiro atoms. The zero-order chi connectivity index (χ0) is 15.5. The number of nitrogens with zero attached hydrogens (tertiary/aromatic N) is 1. The van der Waals surface area contributed by atoms with Crippen molar-refractivity contribution in [1.29, 1.82) is 0 Å². The van der Waals surface area contributed by atoms with E-state index in [1.54, 1.807) is 24.3 Å². The number of ether oxygens (including phenoxy) is 1. The van der Waals surface area contributed by atoms with E-state index in [0.29, 0.717) is 22.2 Å². The van der Waals surface area contributed by atoms with E-state index < -0.39 is 5.97 Å². The maximum Gasteiger partial charge on any atom is 0.340 e. The first-order valence-corrected chi connectivity index (χ1v) is 6.73. The molecule has 0 bridgehead atoms. The van der Waals surface area contributed by atoms with E-state index in [9.17, 15) is 4.79 Å². The number of nitrogens with two attached hydrogens (primary N) is 1. The third-order valence-electron chi connectivity index (χ3n) is 2.91. The van der Waals surface area contributed by atoms with Crippen LogP contribution in [0.2, 0.25) is 5.02 Å². The number of aromatic nitrogens is 1. The van der Waals surface area contributed by atoms with Crippen molar-refractivity contribution < 1.29 is 18.5 Å². The van der Waals surface area contributed by atoms with Gasteiger partial charge in [-0.1, -0.05) is 16.8 Å². The van der Waals surface area contributed by atoms with Crippen LogP contribution in [0.3, 0.4) is 0 Å². The van der Waals surface area contributed by atoms with E-state index >= 15 is 0 Å². The van der Waals surface area contributed by atoms with Gasteiger partial charge in [0.25, 0.3) is 0 Å². The molecule has 0 aliphatic carbocycles. The fourth-order valence-electron chi connectivity index (χ4n) is 1.85. The van der Waals surface area contributed by atoms with Crippen molar-refractivity contribution in [1.82, 2.24) is 5.16 Å². The molecule has 0 unspecified atom stereocenters. The summed E-state index contributed by atoms with van der Waals surface area (Å²) in [6, 6.07) is 9.68. The standard InChI is InChI=1S/C15H11ClN2O4/c16-9-3-4-11(12(17)6-9)15(19)21-8-10-7-14(22-18-10)13-2-1-5-20-13/h1-7H,8,17H2. The van der Waals surface area contributed by atoms with Crippen molar-refractivity contribution >= 4 is 23.3 Å². The lowest BCUT2D eigenvalue weighted by Crippen LogP contribution is -2.08. The lowest BCUT2D eigenvalue weighted by Gasteiger charge is -2.05. The molecular formula is C15H11ClN2O4. The molecule has 22 heavy (non-hydrogen) atoms. The van der Waals surface area contributed by atoms with Crippen LogP contribution in [0.5, 0.6) is 0 Å². The smallest absolute Gasteiger partial charge is 0.340 e. The Morgan fingerprint density at radius 1 is 1.27 bits per heavy atom. The van der Waals surface area contributed by atoms with E-state index in [1.807, 2.05) is 0 Å². The molecule has 2 N–H and O–H groups in total. The number of hydrogen-bond donors (Lipinski definition) is 1. The van der Waals surface area contributed by atoms with E-state index in [0.717, 1.165) is 0 Å². The number of benzene rings is 1. The zero-order valence-electron chi connectivity index (χ0n) is 11.3. The van der Waals surface area contributed by atoms with Crippen molar-refractivity contribution in [3.63, 3.8) is 0 Å². The molecule has 0 aliphatic heterocycles. The van der Waals surface area contributed by atoms with Gasteiger partial charge in [-0.05, 0) is 30.3 Å². The lowest BCUT2D eigenvalue weighted by molar-refractivity contribution is 0.0465. The Labute approximate surface area is 130 Å². The molecule has 0 amide bonds. The molecule has 112 valence electrons. The van der Waals surface area contributed by atoms with E-state index in [2.05, 4.69) is 5.16 Å². The van der Waals surface area contributed by atoms with Gasteiger partial charge in [-0.15, -0.1) is 0 Å². The number of carbonyl (C=O) groups is 1. The predicted molar refractivity (Wildman–Crippen MR) is 79.2 cm³/mol. The second-order valence-corrected chi connectivity index (χ2v) is 4.90. The number of halogens is 1. The highest BCUT2D eigenvalue weighted by atomic mass is 35.5. The molecule has 0 aliphatic rings. The molecule has 0 saturated carbocycles. The topological polar surface area (TPSA) is 91.5 Å². The molecule has 0 radical (unpaired) electrons. The predicted octanol–water partition coefficient (Wildman–Crippen LogP) is 3.53. The van der Waals surface area contributed by atoms with Gasteiger partial charge in [0, 0.05) is 16.8 Å². The van der Waals surface area contributed by atoms with E-state index in [-0.39, 0.29) is 17.9 Å². The summed E-state index contributed by atoms with van der Waals surface area (Å²) in [6.45, 7) is -0.0366. The van der Waals surface area contributed by atoms with Gasteiger partial charge in [-0.3, -0.25) is 0 Å². The van der Waals surface area contributed by atoms with Crippen LogP contribution in [0.4, 0.5) is 5.69 Å². The summed E-state index contributed by atoms with van der Waals surface area (Å²) in [5.74, 6) is 0.450. The van der Waals surface area contributed by atoms with Crippen molar-refractivity contribution in [3.05, 3.63) is 58.9 Å². The monoisotopic (exact) mass is 318 g/mol. The summed E-state index contributed by atoms with van der Waals surface area (Å²) in [5, 5.41) is 4.26. The molecular weight excluding hydrogens is 308 g/mol. The third kappa shape index (κ3) is 2.96. The SMILES string of the molecule is Nc1cc(Cl)ccc1C(=O)OCc1cc(-c2ccco2)on1. The first-order valence-electron chi connectivity index (χ1n) is 6.35. The Balaban J connectivity index is 1.66. The number of hydrogen-bond acceptors (Lipinski definition) is 6. The summed E-state index contributed by atoms with van der Waals surface area (Å²) >= 11 is 5.78. The maximum absolute atomic E-state index is 12.0. The molecule has 0 fully saturated rings. The van der Waals surface area contributed by atoms with Gasteiger partial charge in [-0.2, -0.15) is 0 Å². The van der Waals surface area contributed by atoms with Gasteiger partial charge in [0.2, 0.25) is 5.76 Å². The number of anilines is 1. The molecule has 7 heteroatoms. The Morgan fingerprint density at radius 3 is 2.86 bits per heavy atom. The number of rotatable bonds is 4. The Kier molecular flexibility index (Phi) is 3.84. The third-order valence-corrected chi connectivity index (χ3v) is 3.14. The largest absolute Gasteiger partial charge is 0.461 e. The summed E-state index contributed by atoms with van der Waals surface area (Å²) in [4.78, 5) is 12.0. The molecule has 6 nitrogen and oxygen atoms in total. The summed E-state index contributed by atoms with van der Waals surface area (Å²) in [5.41, 5.74) is 6.70. The number of nitrogen functional groups attached to an aromatic ring is 1. The summed E-state index contributed by atoms with van der Waals surface area (Å²) in [7, 11) is 0. The van der Waals surface area contributed by atoms with Crippen LogP contribution in [0.25, 0.3) is 11.5 Å². The van der Waals surface area contributed by atoms with Crippen LogP contribution in [-0.4, -0.2) is 11.1 Å². The van der Waals surface area contributed by atoms with E-state index in [1.165, 1.54) is 18.4 Å². The normalized spacial score (nSPS) is 10.6. The van der Waals surface area contributed by atoms with Crippen LogP contribution in [0, 0.1) is 0 Å². The van der Waals surface area contributed by atoms with Gasteiger partial charge in [0.05, 0.1) is 11.8 Å². The molecule has 3 rings (SSSR count). The highest BCUT2D eigenvalue weighted by Gasteiger charge is 2.14. The number of furan rings is 1. The van der Waals surface area contributed by atoms with Gasteiger partial charge in [0.1, 0.15) is 12.3 Å². The van der Waals surface area contributed by atoms with Crippen LogP contribution < -0.4 is 5.73 Å².